The highest BCUT2D eigenvalue weighted by Crippen LogP contribution is 2.27. The number of hydrogen-bond donors (Lipinski definition) is 1. The molecule has 0 aromatic heterocycles. The normalized spacial score (nSPS) is 11.9. The van der Waals surface area contributed by atoms with E-state index in [1.165, 1.54) is 0 Å². The lowest BCUT2D eigenvalue weighted by Gasteiger charge is -2.15. The lowest BCUT2D eigenvalue weighted by Crippen LogP contribution is -2.15. The second-order valence-electron chi connectivity index (χ2n) is 3.46. The van der Waals surface area contributed by atoms with Gasteiger partial charge in [-0.15, -0.1) is 0 Å². The van der Waals surface area contributed by atoms with Crippen LogP contribution in [0.3, 0.4) is 0 Å². The van der Waals surface area contributed by atoms with Crippen LogP contribution in [0.2, 0.25) is 0 Å². The molecule has 1 N–H and O–H groups in total. The highest BCUT2D eigenvalue weighted by molar-refractivity contribution is 5.46. The topological polar surface area (TPSA) is 45.0 Å². The zero-order chi connectivity index (χ0) is 11.4. The molecule has 0 aliphatic rings. The number of nitriles is 1. The standard InChI is InChI=1S/C12H16N2O/c1-8-9(2)12(15-4)6-5-10(8)11(7-13)14-3/h5-6,11,14H,1-4H3. The summed E-state index contributed by atoms with van der Waals surface area (Å²) < 4.78 is 5.22. The van der Waals surface area contributed by atoms with Crippen LogP contribution in [0.5, 0.6) is 5.75 Å². The Morgan fingerprint density at radius 3 is 2.47 bits per heavy atom. The lowest BCUT2D eigenvalue weighted by molar-refractivity contribution is 0.411. The van der Waals surface area contributed by atoms with E-state index in [1.54, 1.807) is 14.2 Å². The summed E-state index contributed by atoms with van der Waals surface area (Å²) in [6.07, 6.45) is 0. The fourth-order valence-corrected chi connectivity index (χ4v) is 1.64. The van der Waals surface area contributed by atoms with E-state index in [0.29, 0.717) is 0 Å². The average Bonchev–Trinajstić information content (AvgIpc) is 2.26. The van der Waals surface area contributed by atoms with Crippen molar-refractivity contribution in [2.75, 3.05) is 14.2 Å². The third-order valence-corrected chi connectivity index (χ3v) is 2.73. The molecule has 1 unspecified atom stereocenters. The molecule has 0 aliphatic carbocycles. The molecule has 0 saturated heterocycles. The number of benzene rings is 1. The Kier molecular flexibility index (Phi) is 3.70. The molecular formula is C12H16N2O. The molecule has 15 heavy (non-hydrogen) atoms. The Hall–Kier alpha value is -1.53. The Morgan fingerprint density at radius 1 is 1.33 bits per heavy atom. The Morgan fingerprint density at radius 2 is 2.00 bits per heavy atom. The molecule has 0 saturated carbocycles. The van der Waals surface area contributed by atoms with Crippen LogP contribution >= 0.6 is 0 Å². The summed E-state index contributed by atoms with van der Waals surface area (Å²) in [5, 5.41) is 11.9. The third kappa shape index (κ3) is 2.11. The number of rotatable bonds is 3. The molecule has 0 aliphatic heterocycles. The largest absolute Gasteiger partial charge is 0.496 e. The molecule has 3 heteroatoms. The molecule has 1 rings (SSSR count). The number of hydrogen-bond acceptors (Lipinski definition) is 3. The summed E-state index contributed by atoms with van der Waals surface area (Å²) in [6.45, 7) is 4.01. The molecule has 0 bridgehead atoms. The van der Waals surface area contributed by atoms with Crippen molar-refractivity contribution in [3.8, 4) is 11.8 Å². The third-order valence-electron chi connectivity index (χ3n) is 2.73. The van der Waals surface area contributed by atoms with E-state index in [2.05, 4.69) is 11.4 Å². The Balaban J connectivity index is 3.23. The molecule has 0 fully saturated rings. The van der Waals surface area contributed by atoms with E-state index in [0.717, 1.165) is 22.4 Å². The first-order valence-corrected chi connectivity index (χ1v) is 4.86. The van der Waals surface area contributed by atoms with Crippen LogP contribution < -0.4 is 10.1 Å². The molecule has 1 aromatic rings. The van der Waals surface area contributed by atoms with Gasteiger partial charge in [0.05, 0.1) is 13.2 Å². The molecule has 1 atom stereocenters. The number of ether oxygens (including phenoxy) is 1. The van der Waals surface area contributed by atoms with E-state index >= 15 is 0 Å². The van der Waals surface area contributed by atoms with Crippen molar-refractivity contribution < 1.29 is 4.74 Å². The second-order valence-corrected chi connectivity index (χ2v) is 3.46. The van der Waals surface area contributed by atoms with Crippen molar-refractivity contribution in [1.82, 2.24) is 5.32 Å². The Labute approximate surface area is 90.7 Å². The minimum Gasteiger partial charge on any atom is -0.496 e. The maximum absolute atomic E-state index is 8.98. The van der Waals surface area contributed by atoms with Crippen LogP contribution in [0, 0.1) is 25.2 Å². The predicted octanol–water partition coefficient (Wildman–Crippen LogP) is 2.10. The van der Waals surface area contributed by atoms with E-state index in [1.807, 2.05) is 26.0 Å². The summed E-state index contributed by atoms with van der Waals surface area (Å²) >= 11 is 0. The van der Waals surface area contributed by atoms with Crippen molar-refractivity contribution in [2.24, 2.45) is 0 Å². The van der Waals surface area contributed by atoms with Gasteiger partial charge in [0, 0.05) is 0 Å². The first-order chi connectivity index (χ1) is 7.15. The molecule has 0 spiro atoms. The molecule has 0 amide bonds. The first kappa shape index (κ1) is 11.5. The molecular weight excluding hydrogens is 188 g/mol. The van der Waals surface area contributed by atoms with Crippen LogP contribution in [0.4, 0.5) is 0 Å². The number of nitrogens with one attached hydrogen (secondary N) is 1. The van der Waals surface area contributed by atoms with Gasteiger partial charge in [-0.05, 0) is 43.7 Å². The maximum Gasteiger partial charge on any atom is 0.122 e. The van der Waals surface area contributed by atoms with Gasteiger partial charge in [-0.2, -0.15) is 5.26 Å². The van der Waals surface area contributed by atoms with Gasteiger partial charge in [-0.3, -0.25) is 0 Å². The second kappa shape index (κ2) is 4.81. The van der Waals surface area contributed by atoms with Crippen molar-refractivity contribution in [3.63, 3.8) is 0 Å². The molecule has 1 aromatic carbocycles. The van der Waals surface area contributed by atoms with E-state index in [9.17, 15) is 0 Å². The average molecular weight is 204 g/mol. The monoisotopic (exact) mass is 204 g/mol. The predicted molar refractivity (Wildman–Crippen MR) is 59.9 cm³/mol. The summed E-state index contributed by atoms with van der Waals surface area (Å²) in [5.41, 5.74) is 3.21. The highest BCUT2D eigenvalue weighted by Gasteiger charge is 2.13. The van der Waals surface area contributed by atoms with Crippen molar-refractivity contribution in [3.05, 3.63) is 28.8 Å². The van der Waals surface area contributed by atoms with Gasteiger partial charge in [0.2, 0.25) is 0 Å². The van der Waals surface area contributed by atoms with Crippen LogP contribution in [-0.2, 0) is 0 Å². The van der Waals surface area contributed by atoms with Gasteiger partial charge in [-0.25, -0.2) is 0 Å². The smallest absolute Gasteiger partial charge is 0.122 e. The summed E-state index contributed by atoms with van der Waals surface area (Å²) in [5.74, 6) is 0.865. The maximum atomic E-state index is 8.98. The van der Waals surface area contributed by atoms with Gasteiger partial charge in [0.15, 0.2) is 0 Å². The van der Waals surface area contributed by atoms with Gasteiger partial charge in [0.25, 0.3) is 0 Å². The summed E-state index contributed by atoms with van der Waals surface area (Å²) in [6, 6.07) is 5.80. The first-order valence-electron chi connectivity index (χ1n) is 4.86. The van der Waals surface area contributed by atoms with Crippen molar-refractivity contribution in [1.29, 1.82) is 5.26 Å². The van der Waals surface area contributed by atoms with Gasteiger partial charge < -0.3 is 10.1 Å². The van der Waals surface area contributed by atoms with Crippen LogP contribution in [0.15, 0.2) is 12.1 Å². The zero-order valence-corrected chi connectivity index (χ0v) is 9.59. The zero-order valence-electron chi connectivity index (χ0n) is 9.59. The number of methoxy groups -OCH3 is 1. The van der Waals surface area contributed by atoms with Crippen LogP contribution in [-0.4, -0.2) is 14.2 Å². The van der Waals surface area contributed by atoms with E-state index in [-0.39, 0.29) is 6.04 Å². The van der Waals surface area contributed by atoms with Crippen LogP contribution in [0.25, 0.3) is 0 Å². The van der Waals surface area contributed by atoms with E-state index in [4.69, 9.17) is 10.00 Å². The van der Waals surface area contributed by atoms with Gasteiger partial charge in [-0.1, -0.05) is 6.07 Å². The Bertz CT molecular complexity index is 393. The summed E-state index contributed by atoms with van der Waals surface area (Å²) in [4.78, 5) is 0. The lowest BCUT2D eigenvalue weighted by atomic mass is 9.97. The van der Waals surface area contributed by atoms with E-state index < -0.39 is 0 Å². The summed E-state index contributed by atoms with van der Waals surface area (Å²) in [7, 11) is 3.44. The molecule has 80 valence electrons. The van der Waals surface area contributed by atoms with Gasteiger partial charge >= 0.3 is 0 Å². The molecule has 3 nitrogen and oxygen atoms in total. The molecule has 0 heterocycles. The minimum atomic E-state index is -0.255. The fourth-order valence-electron chi connectivity index (χ4n) is 1.64. The number of nitrogens with zero attached hydrogens (tertiary/aromatic N) is 1. The SMILES string of the molecule is CNC(C#N)c1ccc(OC)c(C)c1C. The highest BCUT2D eigenvalue weighted by atomic mass is 16.5. The quantitative estimate of drug-likeness (QED) is 0.820. The van der Waals surface area contributed by atoms with Crippen molar-refractivity contribution in [2.45, 2.75) is 19.9 Å². The van der Waals surface area contributed by atoms with Crippen LogP contribution in [0.1, 0.15) is 22.7 Å². The van der Waals surface area contributed by atoms with Crippen molar-refractivity contribution >= 4 is 0 Å². The molecule has 0 radical (unpaired) electrons. The van der Waals surface area contributed by atoms with Gasteiger partial charge in [0.1, 0.15) is 11.8 Å². The minimum absolute atomic E-state index is 0.255. The fraction of sp³-hybridized carbons (Fsp3) is 0.417.